The fourth-order valence-electron chi connectivity index (χ4n) is 3.75. The smallest absolute Gasteiger partial charge is 0.134 e. The number of morpholine rings is 2. The molecule has 2 fully saturated rings. The molecular weight excluding hydrogens is 354 g/mol. The number of aromatic nitrogens is 2. The molecule has 2 aromatic rings. The summed E-state index contributed by atoms with van der Waals surface area (Å²) in [5, 5.41) is 3.54. The Kier molecular flexibility index (Phi) is 6.36. The highest BCUT2D eigenvalue weighted by molar-refractivity contribution is 5.49. The maximum Gasteiger partial charge on any atom is 0.134 e. The van der Waals surface area contributed by atoms with Crippen molar-refractivity contribution in [1.29, 1.82) is 0 Å². The van der Waals surface area contributed by atoms with Gasteiger partial charge in [0.1, 0.15) is 18.0 Å². The van der Waals surface area contributed by atoms with Gasteiger partial charge in [0.05, 0.1) is 32.5 Å². The van der Waals surface area contributed by atoms with Crippen molar-refractivity contribution in [2.45, 2.75) is 13.0 Å². The second-order valence-corrected chi connectivity index (χ2v) is 7.32. The van der Waals surface area contributed by atoms with Gasteiger partial charge in [0.25, 0.3) is 0 Å². The van der Waals surface area contributed by atoms with Gasteiger partial charge in [-0.25, -0.2) is 9.97 Å². The van der Waals surface area contributed by atoms with E-state index < -0.39 is 0 Å². The Morgan fingerprint density at radius 1 is 0.964 bits per heavy atom. The van der Waals surface area contributed by atoms with E-state index in [9.17, 15) is 0 Å². The van der Waals surface area contributed by atoms with E-state index in [0.717, 1.165) is 70.8 Å². The Morgan fingerprint density at radius 2 is 1.64 bits per heavy atom. The van der Waals surface area contributed by atoms with Crippen LogP contribution < -0.4 is 10.2 Å². The zero-order chi connectivity index (χ0) is 19.2. The molecule has 0 saturated carbocycles. The lowest BCUT2D eigenvalue weighted by atomic mass is 10.0. The Balaban J connectivity index is 1.47. The van der Waals surface area contributed by atoms with E-state index in [1.54, 1.807) is 6.33 Å². The topological polar surface area (TPSA) is 62.8 Å². The quantitative estimate of drug-likeness (QED) is 0.820. The fraction of sp³-hybridized carbons (Fsp3) is 0.524. The maximum atomic E-state index is 5.55. The number of anilines is 2. The Bertz CT molecular complexity index is 743. The lowest BCUT2D eigenvalue weighted by Crippen LogP contribution is -2.41. The molecule has 0 spiro atoms. The molecule has 0 aliphatic carbocycles. The molecule has 1 aromatic heterocycles. The normalized spacial score (nSPS) is 19.4. The molecule has 2 saturated heterocycles. The Hall–Kier alpha value is -2.22. The van der Waals surface area contributed by atoms with Crippen LogP contribution in [0.5, 0.6) is 0 Å². The van der Waals surface area contributed by atoms with E-state index >= 15 is 0 Å². The minimum atomic E-state index is 0.284. The summed E-state index contributed by atoms with van der Waals surface area (Å²) in [6.07, 6.45) is 1.64. The summed E-state index contributed by atoms with van der Waals surface area (Å²) < 4.78 is 11.0. The van der Waals surface area contributed by atoms with Crippen molar-refractivity contribution in [1.82, 2.24) is 14.9 Å². The van der Waals surface area contributed by atoms with Crippen molar-refractivity contribution in [2.24, 2.45) is 0 Å². The molecule has 1 atom stereocenters. The molecule has 4 rings (SSSR count). The number of nitrogens with zero attached hydrogens (tertiary/aromatic N) is 4. The van der Waals surface area contributed by atoms with Crippen LogP contribution in [0, 0.1) is 6.92 Å². The first-order valence-corrected chi connectivity index (χ1v) is 10.1. The molecule has 0 bridgehead atoms. The monoisotopic (exact) mass is 383 g/mol. The van der Waals surface area contributed by atoms with Crippen molar-refractivity contribution in [3.05, 3.63) is 47.8 Å². The first-order chi connectivity index (χ1) is 13.8. The summed E-state index contributed by atoms with van der Waals surface area (Å²) in [7, 11) is 0. The van der Waals surface area contributed by atoms with E-state index in [-0.39, 0.29) is 6.04 Å². The molecular formula is C21H29N5O2. The maximum absolute atomic E-state index is 5.55. The van der Waals surface area contributed by atoms with E-state index in [2.05, 4.69) is 56.3 Å². The summed E-state index contributed by atoms with van der Waals surface area (Å²) >= 11 is 0. The summed E-state index contributed by atoms with van der Waals surface area (Å²) in [6, 6.07) is 11.2. The van der Waals surface area contributed by atoms with Gasteiger partial charge in [-0.1, -0.05) is 29.8 Å². The summed E-state index contributed by atoms with van der Waals surface area (Å²) in [6.45, 7) is 9.63. The molecule has 7 nitrogen and oxygen atoms in total. The number of nitrogens with one attached hydrogen (secondary N) is 1. The summed E-state index contributed by atoms with van der Waals surface area (Å²) in [5.74, 6) is 1.82. The Morgan fingerprint density at radius 3 is 2.36 bits per heavy atom. The number of ether oxygens (including phenoxy) is 2. The van der Waals surface area contributed by atoms with Gasteiger partial charge in [0.15, 0.2) is 0 Å². The van der Waals surface area contributed by atoms with Gasteiger partial charge < -0.3 is 19.7 Å². The largest absolute Gasteiger partial charge is 0.379 e. The minimum absolute atomic E-state index is 0.284. The molecule has 1 unspecified atom stereocenters. The second-order valence-electron chi connectivity index (χ2n) is 7.32. The van der Waals surface area contributed by atoms with Crippen molar-refractivity contribution in [3.63, 3.8) is 0 Å². The highest BCUT2D eigenvalue weighted by Gasteiger charge is 2.23. The fourth-order valence-corrected chi connectivity index (χ4v) is 3.75. The number of hydrogen-bond donors (Lipinski definition) is 1. The van der Waals surface area contributed by atoms with Gasteiger partial charge >= 0.3 is 0 Å². The standard InChI is InChI=1S/C21H29N5O2/c1-17-2-4-18(5-3-17)19(25-6-10-27-11-7-25)15-22-20-14-21(24-16-23-20)26-8-12-28-13-9-26/h2-5,14,16,19H,6-13,15H2,1H3,(H,22,23,24). The van der Waals surface area contributed by atoms with Crippen molar-refractivity contribution >= 4 is 11.6 Å². The van der Waals surface area contributed by atoms with Crippen LogP contribution in [-0.4, -0.2) is 74.0 Å². The number of benzene rings is 1. The van der Waals surface area contributed by atoms with Gasteiger partial charge in [-0.15, -0.1) is 0 Å². The molecule has 28 heavy (non-hydrogen) atoms. The number of rotatable bonds is 6. The first-order valence-electron chi connectivity index (χ1n) is 10.1. The minimum Gasteiger partial charge on any atom is -0.379 e. The van der Waals surface area contributed by atoms with E-state index in [1.807, 2.05) is 6.07 Å². The average molecular weight is 383 g/mol. The van der Waals surface area contributed by atoms with Crippen LogP contribution in [0.2, 0.25) is 0 Å². The van der Waals surface area contributed by atoms with E-state index in [4.69, 9.17) is 9.47 Å². The molecule has 7 heteroatoms. The van der Waals surface area contributed by atoms with Crippen molar-refractivity contribution in [2.75, 3.05) is 69.4 Å². The Labute approximate surface area is 166 Å². The van der Waals surface area contributed by atoms with Gasteiger partial charge in [-0.2, -0.15) is 0 Å². The molecule has 1 N–H and O–H groups in total. The molecule has 150 valence electrons. The highest BCUT2D eigenvalue weighted by atomic mass is 16.5. The first kappa shape index (κ1) is 19.1. The number of hydrogen-bond acceptors (Lipinski definition) is 7. The third-order valence-electron chi connectivity index (χ3n) is 5.41. The van der Waals surface area contributed by atoms with Crippen LogP contribution in [-0.2, 0) is 9.47 Å². The van der Waals surface area contributed by atoms with Crippen LogP contribution in [0.15, 0.2) is 36.7 Å². The average Bonchev–Trinajstić information content (AvgIpc) is 2.77. The van der Waals surface area contributed by atoms with E-state index in [1.165, 1.54) is 11.1 Å². The van der Waals surface area contributed by atoms with Crippen molar-refractivity contribution in [3.8, 4) is 0 Å². The lowest BCUT2D eigenvalue weighted by molar-refractivity contribution is 0.0187. The van der Waals surface area contributed by atoms with Gasteiger partial charge in [0, 0.05) is 38.8 Å². The predicted octanol–water partition coefficient (Wildman–Crippen LogP) is 2.11. The van der Waals surface area contributed by atoms with Crippen molar-refractivity contribution < 1.29 is 9.47 Å². The van der Waals surface area contributed by atoms with Crippen LogP contribution in [0.1, 0.15) is 17.2 Å². The molecule has 3 heterocycles. The predicted molar refractivity (Wildman–Crippen MR) is 110 cm³/mol. The molecule has 2 aliphatic heterocycles. The zero-order valence-electron chi connectivity index (χ0n) is 16.5. The van der Waals surface area contributed by atoms with Crippen LogP contribution in [0.4, 0.5) is 11.6 Å². The number of aryl methyl sites for hydroxylation is 1. The second kappa shape index (κ2) is 9.32. The molecule has 0 radical (unpaired) electrons. The molecule has 2 aliphatic rings. The van der Waals surface area contributed by atoms with Crippen LogP contribution in [0.25, 0.3) is 0 Å². The highest BCUT2D eigenvalue weighted by Crippen LogP contribution is 2.24. The summed E-state index contributed by atoms with van der Waals surface area (Å²) in [5.41, 5.74) is 2.60. The SMILES string of the molecule is Cc1ccc(C(CNc2cc(N3CCOCC3)ncn2)N2CCOCC2)cc1. The summed E-state index contributed by atoms with van der Waals surface area (Å²) in [4.78, 5) is 13.6. The third-order valence-corrected chi connectivity index (χ3v) is 5.41. The lowest BCUT2D eigenvalue weighted by Gasteiger charge is -2.35. The van der Waals surface area contributed by atoms with Crippen LogP contribution >= 0.6 is 0 Å². The van der Waals surface area contributed by atoms with Gasteiger partial charge in [-0.05, 0) is 12.5 Å². The van der Waals surface area contributed by atoms with Gasteiger partial charge in [-0.3, -0.25) is 4.90 Å². The molecule has 1 aromatic carbocycles. The van der Waals surface area contributed by atoms with Gasteiger partial charge in [0.2, 0.25) is 0 Å². The van der Waals surface area contributed by atoms with Crippen LogP contribution in [0.3, 0.4) is 0 Å². The molecule has 0 amide bonds. The third kappa shape index (κ3) is 4.79. The van der Waals surface area contributed by atoms with E-state index in [0.29, 0.717) is 0 Å². The zero-order valence-corrected chi connectivity index (χ0v) is 16.5.